The third-order valence-electron chi connectivity index (χ3n) is 4.40. The zero-order valence-corrected chi connectivity index (χ0v) is 15.0. The maximum absolute atomic E-state index is 13.8. The van der Waals surface area contributed by atoms with Crippen molar-refractivity contribution >= 4 is 28.7 Å². The number of carbonyl (C=O) groups is 2. The predicted octanol–water partition coefficient (Wildman–Crippen LogP) is 4.20. The van der Waals surface area contributed by atoms with Crippen LogP contribution in [0, 0.1) is 11.6 Å². The lowest BCUT2D eigenvalue weighted by molar-refractivity contribution is -0.117. The van der Waals surface area contributed by atoms with Crippen LogP contribution < -0.4 is 4.90 Å². The second-order valence-electron chi connectivity index (χ2n) is 6.03. The van der Waals surface area contributed by atoms with E-state index in [1.54, 1.807) is 29.6 Å². The summed E-state index contributed by atoms with van der Waals surface area (Å²) in [7, 11) is 0. The van der Waals surface area contributed by atoms with Crippen LogP contribution in [0.25, 0.3) is 0 Å². The lowest BCUT2D eigenvalue weighted by atomic mass is 9.96. The number of pyridine rings is 1. The molecule has 1 aliphatic heterocycles. The number of benzene rings is 1. The minimum Gasteiger partial charge on any atom is -0.503 e. The summed E-state index contributed by atoms with van der Waals surface area (Å²) in [6.07, 6.45) is 2.96. The Bertz CT molecular complexity index is 1100. The van der Waals surface area contributed by atoms with Crippen molar-refractivity contribution in [3.63, 3.8) is 0 Å². The van der Waals surface area contributed by atoms with Gasteiger partial charge in [0.2, 0.25) is 5.78 Å². The molecule has 0 spiro atoms. The van der Waals surface area contributed by atoms with Gasteiger partial charge in [-0.3, -0.25) is 19.5 Å². The first kappa shape index (κ1) is 18.0. The fraction of sp³-hybridized carbons (Fsp3) is 0.0500. The van der Waals surface area contributed by atoms with Crippen molar-refractivity contribution in [2.24, 2.45) is 0 Å². The fourth-order valence-corrected chi connectivity index (χ4v) is 3.82. The summed E-state index contributed by atoms with van der Waals surface area (Å²) in [4.78, 5) is 31.2. The average Bonchev–Trinajstić information content (AvgIpc) is 3.32. The first-order chi connectivity index (χ1) is 13.5. The number of thiophene rings is 1. The van der Waals surface area contributed by atoms with Crippen LogP contribution in [0.1, 0.15) is 21.3 Å². The molecule has 0 fully saturated rings. The summed E-state index contributed by atoms with van der Waals surface area (Å²) in [5.41, 5.74) is 0.395. The van der Waals surface area contributed by atoms with Gasteiger partial charge < -0.3 is 5.11 Å². The molecule has 1 aromatic carbocycles. The highest BCUT2D eigenvalue weighted by Crippen LogP contribution is 2.42. The Kier molecular flexibility index (Phi) is 4.48. The van der Waals surface area contributed by atoms with Crippen molar-refractivity contribution in [1.29, 1.82) is 0 Å². The highest BCUT2D eigenvalue weighted by Gasteiger charge is 2.45. The molecule has 0 radical (unpaired) electrons. The van der Waals surface area contributed by atoms with Gasteiger partial charge in [-0.25, -0.2) is 8.78 Å². The summed E-state index contributed by atoms with van der Waals surface area (Å²) in [5.74, 6) is -4.30. The van der Waals surface area contributed by atoms with Crippen LogP contribution in [0.15, 0.2) is 71.6 Å². The Hall–Kier alpha value is -3.39. The number of hydrogen-bond acceptors (Lipinski definition) is 5. The zero-order valence-electron chi connectivity index (χ0n) is 14.2. The summed E-state index contributed by atoms with van der Waals surface area (Å²) in [6, 6.07) is 8.40. The van der Waals surface area contributed by atoms with Gasteiger partial charge >= 0.3 is 0 Å². The molecule has 1 atom stereocenters. The number of aliphatic hydroxyl groups is 1. The Labute approximate surface area is 162 Å². The molecule has 0 saturated heterocycles. The van der Waals surface area contributed by atoms with E-state index in [1.165, 1.54) is 29.8 Å². The van der Waals surface area contributed by atoms with Gasteiger partial charge in [-0.1, -0.05) is 6.07 Å². The Morgan fingerprint density at radius 3 is 2.50 bits per heavy atom. The minimum absolute atomic E-state index is 0.0197. The molecule has 8 heteroatoms. The van der Waals surface area contributed by atoms with Crippen molar-refractivity contribution in [3.8, 4) is 0 Å². The van der Waals surface area contributed by atoms with E-state index in [1.807, 2.05) is 0 Å². The first-order valence-electron chi connectivity index (χ1n) is 8.19. The van der Waals surface area contributed by atoms with E-state index >= 15 is 0 Å². The lowest BCUT2D eigenvalue weighted by Gasteiger charge is -2.26. The normalized spacial score (nSPS) is 16.7. The van der Waals surface area contributed by atoms with E-state index in [9.17, 15) is 23.5 Å². The molecule has 2 aromatic heterocycles. The second kappa shape index (κ2) is 6.97. The van der Waals surface area contributed by atoms with Gasteiger partial charge in [-0.2, -0.15) is 0 Å². The maximum atomic E-state index is 13.8. The molecule has 1 aliphatic rings. The number of nitrogens with zero attached hydrogens (tertiary/aromatic N) is 2. The molecule has 140 valence electrons. The van der Waals surface area contributed by atoms with Crippen molar-refractivity contribution in [3.05, 3.63) is 93.6 Å². The molecule has 5 nitrogen and oxygen atoms in total. The van der Waals surface area contributed by atoms with Crippen molar-refractivity contribution in [2.45, 2.75) is 6.04 Å². The monoisotopic (exact) mass is 398 g/mol. The molecular weight excluding hydrogens is 386 g/mol. The Balaban J connectivity index is 1.89. The maximum Gasteiger partial charge on any atom is 0.294 e. The smallest absolute Gasteiger partial charge is 0.294 e. The van der Waals surface area contributed by atoms with Crippen molar-refractivity contribution in [1.82, 2.24) is 4.98 Å². The van der Waals surface area contributed by atoms with Gasteiger partial charge in [-0.05, 0) is 41.3 Å². The number of aromatic nitrogens is 1. The molecule has 0 saturated carbocycles. The topological polar surface area (TPSA) is 70.5 Å². The van der Waals surface area contributed by atoms with Gasteiger partial charge in [0.15, 0.2) is 17.4 Å². The van der Waals surface area contributed by atoms with E-state index in [4.69, 9.17) is 0 Å². The standard InChI is InChI=1S/C20H12F2N2O3S/c21-13-4-3-12(10-14(13)22)24-17(11-5-7-23-8-6-11)16(19(26)20(24)27)18(25)15-2-1-9-28-15/h1-10,17,26H. The van der Waals surface area contributed by atoms with Crippen LogP contribution in [0.4, 0.5) is 14.5 Å². The third kappa shape index (κ3) is 2.87. The van der Waals surface area contributed by atoms with Crippen LogP contribution >= 0.6 is 11.3 Å². The Morgan fingerprint density at radius 2 is 1.86 bits per heavy atom. The average molecular weight is 398 g/mol. The van der Waals surface area contributed by atoms with E-state index < -0.39 is 35.1 Å². The molecule has 0 aliphatic carbocycles. The number of halogens is 2. The third-order valence-corrected chi connectivity index (χ3v) is 5.27. The molecule has 0 bridgehead atoms. The van der Waals surface area contributed by atoms with E-state index in [0.717, 1.165) is 17.0 Å². The lowest BCUT2D eigenvalue weighted by Crippen LogP contribution is -2.31. The number of anilines is 1. The Morgan fingerprint density at radius 1 is 1.11 bits per heavy atom. The fourth-order valence-electron chi connectivity index (χ4n) is 3.14. The highest BCUT2D eigenvalue weighted by molar-refractivity contribution is 7.12. The second-order valence-corrected chi connectivity index (χ2v) is 6.97. The van der Waals surface area contributed by atoms with E-state index in [2.05, 4.69) is 4.98 Å². The molecule has 28 heavy (non-hydrogen) atoms. The number of hydrogen-bond donors (Lipinski definition) is 1. The van der Waals surface area contributed by atoms with Crippen LogP contribution in [0.2, 0.25) is 0 Å². The van der Waals surface area contributed by atoms with Crippen LogP contribution in [-0.4, -0.2) is 21.8 Å². The summed E-state index contributed by atoms with van der Waals surface area (Å²) in [5, 5.41) is 12.2. The van der Waals surface area contributed by atoms with Crippen LogP contribution in [0.5, 0.6) is 0 Å². The summed E-state index contributed by atoms with van der Waals surface area (Å²) < 4.78 is 27.2. The first-order valence-corrected chi connectivity index (χ1v) is 9.07. The number of aliphatic hydroxyl groups excluding tert-OH is 1. The zero-order chi connectivity index (χ0) is 19.8. The minimum atomic E-state index is -1.14. The molecular formula is C20H12F2N2O3S. The number of ketones is 1. The van der Waals surface area contributed by atoms with Gasteiger partial charge in [0, 0.05) is 24.1 Å². The SMILES string of the molecule is O=C(C1=C(O)C(=O)N(c2ccc(F)c(F)c2)C1c1ccncc1)c1cccs1. The van der Waals surface area contributed by atoms with Gasteiger partial charge in [-0.15, -0.1) is 11.3 Å². The highest BCUT2D eigenvalue weighted by atomic mass is 32.1. The molecule has 3 heterocycles. The van der Waals surface area contributed by atoms with Crippen molar-refractivity contribution < 1.29 is 23.5 Å². The predicted molar refractivity (Wildman–Crippen MR) is 99.1 cm³/mol. The van der Waals surface area contributed by atoms with Gasteiger partial charge in [0.25, 0.3) is 5.91 Å². The number of rotatable bonds is 4. The molecule has 3 aromatic rings. The summed E-state index contributed by atoms with van der Waals surface area (Å²) >= 11 is 1.17. The largest absolute Gasteiger partial charge is 0.503 e. The molecule has 1 amide bonds. The summed E-state index contributed by atoms with van der Waals surface area (Å²) in [6.45, 7) is 0. The van der Waals surface area contributed by atoms with E-state index in [0.29, 0.717) is 10.4 Å². The quantitative estimate of drug-likeness (QED) is 0.669. The molecule has 4 rings (SSSR count). The van der Waals surface area contributed by atoms with E-state index in [-0.39, 0.29) is 11.3 Å². The van der Waals surface area contributed by atoms with Crippen LogP contribution in [0.3, 0.4) is 0 Å². The number of Topliss-reactive ketones (excluding diaryl/α,β-unsaturated/α-hetero) is 1. The molecule has 1 N–H and O–H groups in total. The van der Waals surface area contributed by atoms with Gasteiger partial charge in [0.05, 0.1) is 16.5 Å². The number of carbonyl (C=O) groups excluding carboxylic acids is 2. The van der Waals surface area contributed by atoms with Gasteiger partial charge in [0.1, 0.15) is 0 Å². The number of amides is 1. The molecule has 1 unspecified atom stereocenters. The van der Waals surface area contributed by atoms with Crippen molar-refractivity contribution in [2.75, 3.05) is 4.90 Å². The van der Waals surface area contributed by atoms with Crippen LogP contribution in [-0.2, 0) is 4.79 Å².